The number of nitrogens with one attached hydrogen (secondary N) is 2. The smallest absolute Gasteiger partial charge is 0.408 e. The third-order valence-electron chi connectivity index (χ3n) is 8.02. The van der Waals surface area contributed by atoms with E-state index in [4.69, 9.17) is 4.74 Å². The zero-order valence-corrected chi connectivity index (χ0v) is 24.3. The maximum absolute atomic E-state index is 14.3. The van der Waals surface area contributed by atoms with Crippen LogP contribution in [0, 0.1) is 22.7 Å². The number of anilines is 1. The Morgan fingerprint density at radius 2 is 1.93 bits per heavy atom. The number of para-hydroxylation sites is 1. The van der Waals surface area contributed by atoms with Crippen LogP contribution in [0.25, 0.3) is 0 Å². The third-order valence-corrected chi connectivity index (χ3v) is 8.02. The molecule has 1 unspecified atom stereocenters. The molecule has 3 aliphatic rings. The van der Waals surface area contributed by atoms with Crippen LogP contribution in [-0.4, -0.2) is 71.4 Å². The number of likely N-dealkylation sites (N-methyl/N-ethyl adjacent to an activating group) is 1. The number of hydrogen-bond acceptors (Lipinski definition) is 6. The van der Waals surface area contributed by atoms with Crippen LogP contribution >= 0.6 is 0 Å². The van der Waals surface area contributed by atoms with Crippen LogP contribution in [0.1, 0.15) is 72.3 Å². The molecule has 1 aromatic carbocycles. The molecule has 10 heteroatoms. The molecule has 1 saturated heterocycles. The monoisotopic (exact) mass is 551 g/mol. The molecular weight excluding hydrogens is 510 g/mol. The van der Waals surface area contributed by atoms with Crippen molar-refractivity contribution in [2.24, 2.45) is 11.3 Å². The lowest BCUT2D eigenvalue weighted by Crippen LogP contribution is -2.57. The maximum atomic E-state index is 14.3. The highest BCUT2D eigenvalue weighted by atomic mass is 16.6. The van der Waals surface area contributed by atoms with E-state index in [1.165, 1.54) is 9.80 Å². The third kappa shape index (κ3) is 6.08. The molecule has 40 heavy (non-hydrogen) atoms. The fourth-order valence-electron chi connectivity index (χ4n) is 5.85. The summed E-state index contributed by atoms with van der Waals surface area (Å²) in [6.45, 7) is 9.48. The number of amides is 4. The molecule has 4 atom stereocenters. The molecule has 10 nitrogen and oxygen atoms in total. The first-order valence-corrected chi connectivity index (χ1v) is 14.1. The fraction of sp³-hybridized carbons (Fsp3) is 0.633. The highest BCUT2D eigenvalue weighted by Crippen LogP contribution is 2.46. The highest BCUT2D eigenvalue weighted by molar-refractivity contribution is 6.07. The first kappa shape index (κ1) is 29.4. The number of ether oxygens (including phenoxy) is 1. The second-order valence-electron chi connectivity index (χ2n) is 13.0. The topological polar surface area (TPSA) is 132 Å². The summed E-state index contributed by atoms with van der Waals surface area (Å²) in [5.41, 5.74) is 0.129. The quantitative estimate of drug-likeness (QED) is 0.508. The molecule has 0 radical (unpaired) electrons. The molecule has 2 aliphatic heterocycles. The van der Waals surface area contributed by atoms with E-state index >= 15 is 0 Å². The number of hydrogen-bond donors (Lipinski definition) is 2. The number of fused-ring (bicyclic) bond motifs is 2. The Morgan fingerprint density at radius 1 is 1.25 bits per heavy atom. The molecule has 1 saturated carbocycles. The number of alkyl carbamates (subject to hydrolysis) is 1. The molecule has 216 valence electrons. The average Bonchev–Trinajstić information content (AvgIpc) is 3.54. The first-order valence-electron chi connectivity index (χ1n) is 14.1. The number of rotatable bonds is 8. The number of benzene rings is 1. The maximum Gasteiger partial charge on any atom is 0.408 e. The van der Waals surface area contributed by atoms with Crippen LogP contribution in [0.4, 0.5) is 10.5 Å². The number of carbonyl (C=O) groups is 4. The summed E-state index contributed by atoms with van der Waals surface area (Å²) in [6.07, 6.45) is 1.96. The van der Waals surface area contributed by atoms with E-state index in [-0.39, 0.29) is 42.2 Å². The Balaban J connectivity index is 1.61. The van der Waals surface area contributed by atoms with E-state index in [2.05, 4.69) is 16.7 Å². The summed E-state index contributed by atoms with van der Waals surface area (Å²) in [5, 5.41) is 15.7. The lowest BCUT2D eigenvalue weighted by molar-refractivity contribution is -0.147. The number of nitrogens with zero attached hydrogens (tertiary/aromatic N) is 3. The van der Waals surface area contributed by atoms with E-state index in [1.54, 1.807) is 20.9 Å². The van der Waals surface area contributed by atoms with Crippen molar-refractivity contribution in [2.45, 2.75) is 96.4 Å². The van der Waals surface area contributed by atoms with Crippen LogP contribution in [0.2, 0.25) is 0 Å². The van der Waals surface area contributed by atoms with Gasteiger partial charge >= 0.3 is 6.09 Å². The van der Waals surface area contributed by atoms with Gasteiger partial charge in [0, 0.05) is 25.7 Å². The molecule has 2 fully saturated rings. The molecule has 1 aliphatic carbocycles. The Morgan fingerprint density at radius 3 is 2.52 bits per heavy atom. The largest absolute Gasteiger partial charge is 0.447 e. The predicted octanol–water partition coefficient (Wildman–Crippen LogP) is 3.57. The normalized spacial score (nSPS) is 23.3. The van der Waals surface area contributed by atoms with Gasteiger partial charge in [-0.25, -0.2) is 4.79 Å². The summed E-state index contributed by atoms with van der Waals surface area (Å²) in [4.78, 5) is 56.7. The predicted molar refractivity (Wildman–Crippen MR) is 149 cm³/mol. The molecule has 1 aromatic rings. The second-order valence-corrected chi connectivity index (χ2v) is 13.0. The van der Waals surface area contributed by atoms with Crippen molar-refractivity contribution in [1.29, 1.82) is 5.26 Å². The lowest BCUT2D eigenvalue weighted by atomic mass is 9.80. The molecule has 4 rings (SSSR count). The Labute approximate surface area is 236 Å². The van der Waals surface area contributed by atoms with Crippen LogP contribution in [0.15, 0.2) is 24.3 Å². The van der Waals surface area contributed by atoms with Gasteiger partial charge in [0.15, 0.2) is 0 Å². The van der Waals surface area contributed by atoms with E-state index in [1.807, 2.05) is 45.0 Å². The van der Waals surface area contributed by atoms with Crippen molar-refractivity contribution in [3.8, 4) is 6.07 Å². The first-order chi connectivity index (χ1) is 18.8. The minimum atomic E-state index is -1.02. The van der Waals surface area contributed by atoms with E-state index in [0.717, 1.165) is 18.4 Å². The van der Waals surface area contributed by atoms with E-state index in [0.29, 0.717) is 24.4 Å². The van der Waals surface area contributed by atoms with Crippen LogP contribution in [-0.2, 0) is 24.5 Å². The van der Waals surface area contributed by atoms with Gasteiger partial charge in [0.1, 0.15) is 18.1 Å². The van der Waals surface area contributed by atoms with E-state index in [9.17, 15) is 24.4 Å². The molecule has 0 bridgehead atoms. The standard InChI is InChI=1S/C30H41N5O5/c1-18(2)40-28(39)33-23(13-19-11-12-19)25(36)34(6)24(15-29(3,4)5)26(37)35-17-30(14-20(35)16-31)21-9-7-8-10-22(21)32-27(30)38/h7-10,18-20,23-24H,11-15,17H2,1-6H3,(H,32,38)(H,33,39)/t20-,23?,24-,30-/m0/s1. The zero-order chi connectivity index (χ0) is 29.4. The molecule has 0 aromatic heterocycles. The van der Waals surface area contributed by atoms with Crippen molar-refractivity contribution >= 4 is 29.5 Å². The lowest BCUT2D eigenvalue weighted by Gasteiger charge is -2.37. The summed E-state index contributed by atoms with van der Waals surface area (Å²) >= 11 is 0. The van der Waals surface area contributed by atoms with Crippen molar-refractivity contribution < 1.29 is 23.9 Å². The van der Waals surface area contributed by atoms with Gasteiger partial charge < -0.3 is 25.2 Å². The summed E-state index contributed by atoms with van der Waals surface area (Å²) in [7, 11) is 1.58. The molecule has 2 N–H and O–H groups in total. The summed E-state index contributed by atoms with van der Waals surface area (Å²) in [5.74, 6) is -0.637. The minimum Gasteiger partial charge on any atom is -0.447 e. The molecule has 1 spiro atoms. The minimum absolute atomic E-state index is 0.0556. The molecule has 4 amide bonds. The van der Waals surface area contributed by atoms with Gasteiger partial charge in [-0.3, -0.25) is 14.4 Å². The van der Waals surface area contributed by atoms with Gasteiger partial charge in [0.2, 0.25) is 17.7 Å². The zero-order valence-electron chi connectivity index (χ0n) is 24.3. The van der Waals surface area contributed by atoms with Gasteiger partial charge in [-0.05, 0) is 49.7 Å². The fourth-order valence-corrected chi connectivity index (χ4v) is 5.85. The van der Waals surface area contributed by atoms with E-state index < -0.39 is 29.6 Å². The Hall–Kier alpha value is -3.61. The van der Waals surface area contributed by atoms with Gasteiger partial charge in [-0.2, -0.15) is 5.26 Å². The van der Waals surface area contributed by atoms with Crippen molar-refractivity contribution in [3.63, 3.8) is 0 Å². The van der Waals surface area contributed by atoms with Gasteiger partial charge in [-0.1, -0.05) is 51.8 Å². The van der Waals surface area contributed by atoms with Gasteiger partial charge in [0.05, 0.1) is 17.6 Å². The van der Waals surface area contributed by atoms with Crippen LogP contribution < -0.4 is 10.6 Å². The summed E-state index contributed by atoms with van der Waals surface area (Å²) in [6, 6.07) is 7.06. The van der Waals surface area contributed by atoms with Gasteiger partial charge in [0.25, 0.3) is 0 Å². The summed E-state index contributed by atoms with van der Waals surface area (Å²) < 4.78 is 5.23. The van der Waals surface area contributed by atoms with Crippen molar-refractivity contribution in [3.05, 3.63) is 29.8 Å². The molecular formula is C30H41N5O5. The van der Waals surface area contributed by atoms with Crippen LogP contribution in [0.5, 0.6) is 0 Å². The Bertz CT molecular complexity index is 1210. The van der Waals surface area contributed by atoms with Crippen LogP contribution in [0.3, 0.4) is 0 Å². The van der Waals surface area contributed by atoms with Gasteiger partial charge in [-0.15, -0.1) is 0 Å². The van der Waals surface area contributed by atoms with Crippen molar-refractivity contribution in [1.82, 2.24) is 15.1 Å². The highest BCUT2D eigenvalue weighted by Gasteiger charge is 2.57. The number of nitriles is 1. The Kier molecular flexibility index (Phi) is 8.16. The molecule has 2 heterocycles. The second kappa shape index (κ2) is 11.1. The average molecular weight is 552 g/mol. The number of likely N-dealkylation sites (tertiary alicyclic amines) is 1. The SMILES string of the molecule is CC(C)OC(=O)NC(CC1CC1)C(=O)N(C)[C@@H](CC(C)(C)C)C(=O)N1C[C@]2(C[C@H]1C#N)C(=O)Nc1ccccc12. The number of carbonyl (C=O) groups excluding carboxylic acids is 4. The van der Waals surface area contributed by atoms with Crippen molar-refractivity contribution in [2.75, 3.05) is 18.9 Å².